The van der Waals surface area contributed by atoms with E-state index in [2.05, 4.69) is 26.0 Å². The Bertz CT molecular complexity index is 1170. The Morgan fingerprint density at radius 1 is 1.00 bits per heavy atom. The average Bonchev–Trinajstić information content (AvgIpc) is 3.23. The molecule has 0 aliphatic carbocycles. The van der Waals surface area contributed by atoms with E-state index >= 15 is 0 Å². The van der Waals surface area contributed by atoms with Crippen molar-refractivity contribution in [2.75, 3.05) is 26.3 Å². The summed E-state index contributed by atoms with van der Waals surface area (Å²) < 4.78 is 5.35. The third-order valence-corrected chi connectivity index (χ3v) is 5.14. The number of pyridine rings is 1. The average molecular weight is 385 g/mol. The summed E-state index contributed by atoms with van der Waals surface area (Å²) in [5.41, 5.74) is 5.30. The fourth-order valence-electron chi connectivity index (χ4n) is 3.62. The van der Waals surface area contributed by atoms with Crippen LogP contribution < -0.4 is 0 Å². The van der Waals surface area contributed by atoms with Gasteiger partial charge in [-0.2, -0.15) is 0 Å². The maximum Gasteiger partial charge on any atom is 0.254 e. The molecule has 1 saturated heterocycles. The van der Waals surface area contributed by atoms with Gasteiger partial charge < -0.3 is 14.6 Å². The van der Waals surface area contributed by atoms with E-state index in [0.29, 0.717) is 31.9 Å². The molecule has 0 bridgehead atoms. The first kappa shape index (κ1) is 17.5. The minimum atomic E-state index is 0.0351. The first-order valence-corrected chi connectivity index (χ1v) is 9.49. The predicted octanol–water partition coefficient (Wildman–Crippen LogP) is 3.16. The van der Waals surface area contributed by atoms with Gasteiger partial charge in [-0.05, 0) is 23.8 Å². The van der Waals surface area contributed by atoms with Gasteiger partial charge in [0.25, 0.3) is 5.91 Å². The van der Waals surface area contributed by atoms with Gasteiger partial charge in [0.1, 0.15) is 12.0 Å². The van der Waals surface area contributed by atoms with E-state index in [-0.39, 0.29) is 5.91 Å². The van der Waals surface area contributed by atoms with Crippen molar-refractivity contribution in [1.82, 2.24) is 24.8 Å². The molecule has 1 aliphatic heterocycles. The molecule has 0 atom stereocenters. The number of nitrogens with zero attached hydrogens (tertiary/aromatic N) is 4. The Hall–Kier alpha value is -3.58. The van der Waals surface area contributed by atoms with Crippen LogP contribution in [0.15, 0.2) is 61.4 Å². The topological polar surface area (TPSA) is 84.0 Å². The number of nitrogens with one attached hydrogen (secondary N) is 1. The van der Waals surface area contributed by atoms with E-state index in [1.165, 1.54) is 6.33 Å². The lowest BCUT2D eigenvalue weighted by molar-refractivity contribution is 0.0303. The van der Waals surface area contributed by atoms with E-state index in [9.17, 15) is 4.79 Å². The summed E-state index contributed by atoms with van der Waals surface area (Å²) in [5, 5.41) is 0.988. The number of aromatic nitrogens is 4. The largest absolute Gasteiger partial charge is 0.378 e. The van der Waals surface area contributed by atoms with Gasteiger partial charge in [-0.1, -0.05) is 12.1 Å². The molecule has 0 radical (unpaired) electrons. The normalized spacial score (nSPS) is 14.3. The molecule has 29 heavy (non-hydrogen) atoms. The van der Waals surface area contributed by atoms with Crippen LogP contribution >= 0.6 is 0 Å². The number of hydrogen-bond donors (Lipinski definition) is 1. The molecular formula is C22H19N5O2. The van der Waals surface area contributed by atoms with Crippen molar-refractivity contribution < 1.29 is 9.53 Å². The molecule has 3 aromatic heterocycles. The summed E-state index contributed by atoms with van der Waals surface area (Å²) in [7, 11) is 0. The number of carbonyl (C=O) groups excluding carboxylic acids is 1. The summed E-state index contributed by atoms with van der Waals surface area (Å²) in [5.74, 6) is 0.0351. The fraction of sp³-hybridized carbons (Fsp3) is 0.182. The van der Waals surface area contributed by atoms with Gasteiger partial charge in [-0.3, -0.25) is 4.79 Å². The lowest BCUT2D eigenvalue weighted by Crippen LogP contribution is -2.40. The number of H-pyrrole nitrogens is 1. The smallest absolute Gasteiger partial charge is 0.254 e. The van der Waals surface area contributed by atoms with Crippen LogP contribution in [-0.4, -0.2) is 57.0 Å². The van der Waals surface area contributed by atoms with Crippen LogP contribution in [0, 0.1) is 0 Å². The van der Waals surface area contributed by atoms with Crippen LogP contribution in [0.2, 0.25) is 0 Å². The molecule has 0 spiro atoms. The number of aromatic amines is 1. The van der Waals surface area contributed by atoms with Crippen molar-refractivity contribution in [2.45, 2.75) is 0 Å². The van der Waals surface area contributed by atoms with Gasteiger partial charge in [0.2, 0.25) is 0 Å². The summed E-state index contributed by atoms with van der Waals surface area (Å²) in [4.78, 5) is 30.6. The molecule has 5 rings (SSSR count). The van der Waals surface area contributed by atoms with Crippen LogP contribution in [0.1, 0.15) is 10.4 Å². The third-order valence-electron chi connectivity index (χ3n) is 5.14. The highest BCUT2D eigenvalue weighted by Crippen LogP contribution is 2.30. The van der Waals surface area contributed by atoms with Crippen molar-refractivity contribution in [2.24, 2.45) is 0 Å². The summed E-state index contributed by atoms with van der Waals surface area (Å²) in [6.45, 7) is 2.43. The molecule has 1 N–H and O–H groups in total. The van der Waals surface area contributed by atoms with Crippen LogP contribution in [0.25, 0.3) is 33.3 Å². The number of hydrogen-bond acceptors (Lipinski definition) is 5. The Balaban J connectivity index is 1.52. The molecule has 7 nitrogen and oxygen atoms in total. The number of benzene rings is 1. The molecule has 1 aliphatic rings. The summed E-state index contributed by atoms with van der Waals surface area (Å²) >= 11 is 0. The van der Waals surface area contributed by atoms with Gasteiger partial charge in [-0.25, -0.2) is 15.0 Å². The molecule has 1 amide bonds. The quantitative estimate of drug-likeness (QED) is 0.586. The summed E-state index contributed by atoms with van der Waals surface area (Å²) in [6.07, 6.45) is 8.81. The highest BCUT2D eigenvalue weighted by atomic mass is 16.5. The fourth-order valence-corrected chi connectivity index (χ4v) is 3.62. The number of ether oxygens (including phenoxy) is 1. The Kier molecular flexibility index (Phi) is 4.50. The Morgan fingerprint density at radius 2 is 1.83 bits per heavy atom. The molecule has 4 heterocycles. The Morgan fingerprint density at radius 3 is 2.66 bits per heavy atom. The predicted molar refractivity (Wildman–Crippen MR) is 109 cm³/mol. The highest BCUT2D eigenvalue weighted by Gasteiger charge is 2.19. The van der Waals surface area contributed by atoms with E-state index in [4.69, 9.17) is 4.74 Å². The van der Waals surface area contributed by atoms with Crippen molar-refractivity contribution in [3.05, 3.63) is 67.0 Å². The first-order chi connectivity index (χ1) is 14.3. The third kappa shape index (κ3) is 3.36. The minimum Gasteiger partial charge on any atom is -0.378 e. The monoisotopic (exact) mass is 385 g/mol. The van der Waals surface area contributed by atoms with Gasteiger partial charge in [0.15, 0.2) is 0 Å². The van der Waals surface area contributed by atoms with Crippen molar-refractivity contribution in [1.29, 1.82) is 0 Å². The molecule has 144 valence electrons. The van der Waals surface area contributed by atoms with Crippen LogP contribution in [0.4, 0.5) is 0 Å². The van der Waals surface area contributed by atoms with Crippen molar-refractivity contribution >= 4 is 16.9 Å². The van der Waals surface area contributed by atoms with Gasteiger partial charge in [0.05, 0.1) is 13.2 Å². The van der Waals surface area contributed by atoms with Gasteiger partial charge >= 0.3 is 0 Å². The van der Waals surface area contributed by atoms with Crippen LogP contribution in [-0.2, 0) is 4.74 Å². The zero-order valence-corrected chi connectivity index (χ0v) is 15.7. The molecule has 1 fully saturated rings. The molecule has 1 aromatic carbocycles. The van der Waals surface area contributed by atoms with E-state index in [0.717, 1.165) is 33.3 Å². The molecular weight excluding hydrogens is 366 g/mol. The standard InChI is InChI=1S/C22H19N5O2/c28-22(27-4-6-29-7-5-27)16-3-1-2-15(8-16)17-9-19-20(13-26-21(19)25-12-17)18-10-23-14-24-11-18/h1-3,8-14H,4-7H2,(H,25,26). The molecule has 7 heteroatoms. The number of morpholine rings is 1. The van der Waals surface area contributed by atoms with Gasteiger partial charge in [-0.15, -0.1) is 0 Å². The number of amides is 1. The highest BCUT2D eigenvalue weighted by molar-refractivity contribution is 5.97. The number of fused-ring (bicyclic) bond motifs is 1. The lowest BCUT2D eigenvalue weighted by atomic mass is 10.0. The second kappa shape index (κ2) is 7.44. The van der Waals surface area contributed by atoms with Gasteiger partial charge in [0, 0.05) is 65.5 Å². The Labute approximate surface area is 167 Å². The first-order valence-electron chi connectivity index (χ1n) is 9.49. The number of rotatable bonds is 3. The van der Waals surface area contributed by atoms with E-state index in [1.807, 2.05) is 41.6 Å². The van der Waals surface area contributed by atoms with E-state index < -0.39 is 0 Å². The van der Waals surface area contributed by atoms with E-state index in [1.54, 1.807) is 12.4 Å². The zero-order chi connectivity index (χ0) is 19.6. The number of carbonyl (C=O) groups is 1. The molecule has 0 saturated carbocycles. The van der Waals surface area contributed by atoms with Crippen molar-refractivity contribution in [3.8, 4) is 22.3 Å². The maximum absolute atomic E-state index is 12.8. The molecule has 0 unspecified atom stereocenters. The van der Waals surface area contributed by atoms with Crippen molar-refractivity contribution in [3.63, 3.8) is 0 Å². The van der Waals surface area contributed by atoms with Crippen LogP contribution in [0.3, 0.4) is 0 Å². The summed E-state index contributed by atoms with van der Waals surface area (Å²) in [6, 6.07) is 9.78. The lowest BCUT2D eigenvalue weighted by Gasteiger charge is -2.27. The zero-order valence-electron chi connectivity index (χ0n) is 15.7. The second-order valence-electron chi connectivity index (χ2n) is 6.94. The maximum atomic E-state index is 12.8. The molecule has 4 aromatic rings. The SMILES string of the molecule is O=C(c1cccc(-c2cnc3[nH]cc(-c4cncnc4)c3c2)c1)N1CCOCC1. The van der Waals surface area contributed by atoms with Crippen LogP contribution in [0.5, 0.6) is 0 Å². The minimum absolute atomic E-state index is 0.0351. The second-order valence-corrected chi connectivity index (χ2v) is 6.94.